The zero-order valence-electron chi connectivity index (χ0n) is 17.6. The van der Waals surface area contributed by atoms with Gasteiger partial charge in [-0.2, -0.15) is 0 Å². The molecule has 5 heteroatoms. The van der Waals surface area contributed by atoms with E-state index in [9.17, 15) is 9.59 Å². The van der Waals surface area contributed by atoms with Crippen LogP contribution in [0.15, 0.2) is 42.5 Å². The lowest BCUT2D eigenvalue weighted by Gasteiger charge is -2.20. The second-order valence-corrected chi connectivity index (χ2v) is 8.31. The van der Waals surface area contributed by atoms with Gasteiger partial charge in [0, 0.05) is 16.8 Å². The van der Waals surface area contributed by atoms with Gasteiger partial charge in [0.05, 0.1) is 0 Å². The molecular formula is C23H30N2O3. The van der Waals surface area contributed by atoms with Crippen molar-refractivity contribution in [2.24, 2.45) is 0 Å². The zero-order valence-corrected chi connectivity index (χ0v) is 17.6. The Labute approximate surface area is 167 Å². The molecule has 28 heavy (non-hydrogen) atoms. The normalized spacial score (nSPS) is 11.2. The van der Waals surface area contributed by atoms with Crippen LogP contribution in [0.2, 0.25) is 0 Å². The molecule has 0 spiro atoms. The monoisotopic (exact) mass is 382 g/mol. The second-order valence-electron chi connectivity index (χ2n) is 8.31. The van der Waals surface area contributed by atoms with Crippen molar-refractivity contribution in [2.75, 3.05) is 11.9 Å². The third-order valence-electron chi connectivity index (χ3n) is 4.07. The van der Waals surface area contributed by atoms with Crippen LogP contribution in [0.3, 0.4) is 0 Å². The van der Waals surface area contributed by atoms with E-state index in [-0.39, 0.29) is 24.0 Å². The molecule has 0 aliphatic rings. The third kappa shape index (κ3) is 6.41. The van der Waals surface area contributed by atoms with E-state index < -0.39 is 0 Å². The highest BCUT2D eigenvalue weighted by Crippen LogP contribution is 2.27. The van der Waals surface area contributed by atoms with Crippen molar-refractivity contribution < 1.29 is 14.3 Å². The minimum absolute atomic E-state index is 0.0740. The molecule has 0 aliphatic heterocycles. The maximum Gasteiger partial charge on any atom is 0.262 e. The number of aryl methyl sites for hydroxylation is 1. The molecule has 0 atom stereocenters. The van der Waals surface area contributed by atoms with Crippen molar-refractivity contribution in [3.8, 4) is 5.75 Å². The molecule has 2 rings (SSSR count). The van der Waals surface area contributed by atoms with E-state index in [0.29, 0.717) is 17.2 Å². The van der Waals surface area contributed by atoms with Gasteiger partial charge in [-0.25, -0.2) is 0 Å². The number of anilines is 1. The fraction of sp³-hybridized carbons (Fsp3) is 0.391. The first-order valence-corrected chi connectivity index (χ1v) is 9.51. The molecule has 0 unspecified atom stereocenters. The number of hydrogen-bond acceptors (Lipinski definition) is 3. The van der Waals surface area contributed by atoms with E-state index >= 15 is 0 Å². The first kappa shape index (κ1) is 21.5. The fourth-order valence-electron chi connectivity index (χ4n) is 2.70. The lowest BCUT2D eigenvalue weighted by atomic mass is 10.0. The molecule has 0 saturated carbocycles. The number of rotatable bonds is 6. The van der Waals surface area contributed by atoms with Gasteiger partial charge in [0.15, 0.2) is 6.61 Å². The first-order valence-electron chi connectivity index (χ1n) is 9.51. The molecule has 0 fully saturated rings. The van der Waals surface area contributed by atoms with Gasteiger partial charge < -0.3 is 15.4 Å². The zero-order chi connectivity index (χ0) is 20.9. The molecule has 150 valence electrons. The maximum absolute atomic E-state index is 12.2. The Kier molecular flexibility index (Phi) is 6.84. The van der Waals surface area contributed by atoms with Crippen LogP contribution in [0.25, 0.3) is 0 Å². The van der Waals surface area contributed by atoms with Gasteiger partial charge in [-0.15, -0.1) is 0 Å². The Balaban J connectivity index is 1.95. The predicted octanol–water partition coefficient (Wildman–Crippen LogP) is 4.66. The molecule has 5 nitrogen and oxygen atoms in total. The molecule has 0 aromatic heterocycles. The summed E-state index contributed by atoms with van der Waals surface area (Å²) in [6.45, 7) is 11.9. The van der Waals surface area contributed by atoms with Crippen molar-refractivity contribution >= 4 is 17.5 Å². The maximum atomic E-state index is 12.2. The van der Waals surface area contributed by atoms with Gasteiger partial charge in [0.2, 0.25) is 0 Å². The molecule has 0 radical (unpaired) electrons. The first-order chi connectivity index (χ1) is 13.0. The van der Waals surface area contributed by atoms with Crippen LogP contribution in [0.1, 0.15) is 62.0 Å². The minimum atomic E-state index is -0.300. The number of amides is 2. The lowest BCUT2D eigenvalue weighted by molar-refractivity contribution is -0.118. The molecule has 2 aromatic carbocycles. The number of carbonyl (C=O) groups is 2. The van der Waals surface area contributed by atoms with E-state index in [0.717, 1.165) is 16.9 Å². The second kappa shape index (κ2) is 8.91. The average Bonchev–Trinajstić information content (AvgIpc) is 2.59. The largest absolute Gasteiger partial charge is 0.483 e. The molecule has 0 aliphatic carbocycles. The molecule has 2 amide bonds. The summed E-state index contributed by atoms with van der Waals surface area (Å²) in [6, 6.07) is 12.8. The van der Waals surface area contributed by atoms with E-state index in [2.05, 4.69) is 24.5 Å². The number of hydrogen-bond donors (Lipinski definition) is 2. The molecular weight excluding hydrogens is 352 g/mol. The summed E-state index contributed by atoms with van der Waals surface area (Å²) in [7, 11) is 0. The van der Waals surface area contributed by atoms with Crippen LogP contribution >= 0.6 is 0 Å². The lowest BCUT2D eigenvalue weighted by Crippen LogP contribution is -2.40. The Morgan fingerprint density at radius 1 is 1.04 bits per heavy atom. The van der Waals surface area contributed by atoms with E-state index in [1.54, 1.807) is 24.3 Å². The molecule has 0 heterocycles. The summed E-state index contributed by atoms with van der Waals surface area (Å²) in [4.78, 5) is 24.4. The highest BCUT2D eigenvalue weighted by molar-refractivity contribution is 5.96. The number of carbonyl (C=O) groups excluding carboxylic acids is 2. The van der Waals surface area contributed by atoms with Gasteiger partial charge >= 0.3 is 0 Å². The third-order valence-corrected chi connectivity index (χ3v) is 4.07. The summed E-state index contributed by atoms with van der Waals surface area (Å²) in [5, 5.41) is 5.70. The van der Waals surface area contributed by atoms with Crippen molar-refractivity contribution in [1.82, 2.24) is 5.32 Å². The number of benzene rings is 2. The smallest absolute Gasteiger partial charge is 0.262 e. The van der Waals surface area contributed by atoms with Crippen molar-refractivity contribution in [3.05, 3.63) is 59.2 Å². The summed E-state index contributed by atoms with van der Waals surface area (Å²) < 4.78 is 5.75. The van der Waals surface area contributed by atoms with Crippen LogP contribution in [0.4, 0.5) is 5.69 Å². The van der Waals surface area contributed by atoms with Gasteiger partial charge in [0.25, 0.3) is 11.8 Å². The van der Waals surface area contributed by atoms with Crippen LogP contribution in [0, 0.1) is 6.92 Å². The topological polar surface area (TPSA) is 67.4 Å². The number of ether oxygens (including phenoxy) is 1. The minimum Gasteiger partial charge on any atom is -0.483 e. The Morgan fingerprint density at radius 3 is 2.25 bits per heavy atom. The van der Waals surface area contributed by atoms with E-state index in [1.165, 1.54) is 0 Å². The summed E-state index contributed by atoms with van der Waals surface area (Å²) >= 11 is 0. The standard InChI is InChI=1S/C23H30N2O3/c1-15(2)19-12-7-16(3)13-20(19)28-14-21(26)24-18-10-8-17(9-11-18)22(27)25-23(4,5)6/h7-13,15H,14H2,1-6H3,(H,24,26)(H,25,27). The summed E-state index contributed by atoms with van der Waals surface area (Å²) in [6.07, 6.45) is 0. The summed E-state index contributed by atoms with van der Waals surface area (Å²) in [5.74, 6) is 0.655. The van der Waals surface area contributed by atoms with Crippen LogP contribution in [-0.4, -0.2) is 24.0 Å². The van der Waals surface area contributed by atoms with Crippen molar-refractivity contribution in [1.29, 1.82) is 0 Å². The average molecular weight is 383 g/mol. The number of nitrogens with one attached hydrogen (secondary N) is 2. The van der Waals surface area contributed by atoms with Crippen molar-refractivity contribution in [3.63, 3.8) is 0 Å². The molecule has 0 bridgehead atoms. The van der Waals surface area contributed by atoms with Gasteiger partial charge in [0.1, 0.15) is 5.75 Å². The van der Waals surface area contributed by atoms with Crippen molar-refractivity contribution in [2.45, 2.75) is 53.0 Å². The highest BCUT2D eigenvalue weighted by atomic mass is 16.5. The molecule has 2 N–H and O–H groups in total. The fourth-order valence-corrected chi connectivity index (χ4v) is 2.70. The van der Waals surface area contributed by atoms with E-state index in [1.807, 2.05) is 45.9 Å². The van der Waals surface area contributed by atoms with E-state index in [4.69, 9.17) is 4.74 Å². The SMILES string of the molecule is Cc1ccc(C(C)C)c(OCC(=O)Nc2ccc(C(=O)NC(C)(C)C)cc2)c1. The highest BCUT2D eigenvalue weighted by Gasteiger charge is 2.15. The van der Waals surface area contributed by atoms with Crippen LogP contribution < -0.4 is 15.4 Å². The molecule has 2 aromatic rings. The Morgan fingerprint density at radius 2 is 1.68 bits per heavy atom. The van der Waals surface area contributed by atoms with Gasteiger partial charge in [-0.05, 0) is 75.1 Å². The Hall–Kier alpha value is -2.82. The van der Waals surface area contributed by atoms with Crippen LogP contribution in [0.5, 0.6) is 5.75 Å². The van der Waals surface area contributed by atoms with Gasteiger partial charge in [-0.3, -0.25) is 9.59 Å². The quantitative estimate of drug-likeness (QED) is 0.763. The predicted molar refractivity (Wildman–Crippen MR) is 113 cm³/mol. The van der Waals surface area contributed by atoms with Crippen LogP contribution in [-0.2, 0) is 4.79 Å². The Bertz CT molecular complexity index is 834. The summed E-state index contributed by atoms with van der Waals surface area (Å²) in [5.41, 5.74) is 3.03. The van der Waals surface area contributed by atoms with Gasteiger partial charge in [-0.1, -0.05) is 26.0 Å². The molecule has 0 saturated heterocycles.